The van der Waals surface area contributed by atoms with Gasteiger partial charge in [-0.25, -0.2) is 8.78 Å². The summed E-state index contributed by atoms with van der Waals surface area (Å²) >= 11 is 0. The molecule has 1 aliphatic heterocycles. The van der Waals surface area contributed by atoms with Crippen LogP contribution in [0.2, 0.25) is 0 Å². The Morgan fingerprint density at radius 3 is 2.84 bits per heavy atom. The molecule has 0 saturated carbocycles. The van der Waals surface area contributed by atoms with Crippen molar-refractivity contribution in [3.63, 3.8) is 0 Å². The number of aryl methyl sites for hydroxylation is 1. The molecular formula is C14H18F2N2O. The van der Waals surface area contributed by atoms with Crippen LogP contribution in [0.1, 0.15) is 35.7 Å². The van der Waals surface area contributed by atoms with Gasteiger partial charge in [-0.15, -0.1) is 0 Å². The van der Waals surface area contributed by atoms with Crippen molar-refractivity contribution >= 4 is 5.91 Å². The van der Waals surface area contributed by atoms with Gasteiger partial charge in [0.15, 0.2) is 0 Å². The lowest BCUT2D eigenvalue weighted by Gasteiger charge is -2.24. The zero-order valence-electron chi connectivity index (χ0n) is 11.1. The van der Waals surface area contributed by atoms with Gasteiger partial charge in [0.05, 0.1) is 0 Å². The SMILES string of the molecule is Cc1ccc(F)c(C(=O)NCC2(C)CCCN2)c1F. The monoisotopic (exact) mass is 268 g/mol. The van der Waals surface area contributed by atoms with Gasteiger partial charge in [0.25, 0.3) is 5.91 Å². The predicted octanol–water partition coefficient (Wildman–Crippen LogP) is 2.15. The zero-order chi connectivity index (χ0) is 14.0. The number of hydrogen-bond donors (Lipinski definition) is 2. The van der Waals surface area contributed by atoms with E-state index >= 15 is 0 Å². The average molecular weight is 268 g/mol. The molecule has 104 valence electrons. The van der Waals surface area contributed by atoms with Crippen LogP contribution in [0.25, 0.3) is 0 Å². The molecule has 1 amide bonds. The summed E-state index contributed by atoms with van der Waals surface area (Å²) in [6, 6.07) is 2.43. The van der Waals surface area contributed by atoms with Crippen LogP contribution < -0.4 is 10.6 Å². The number of rotatable bonds is 3. The third kappa shape index (κ3) is 2.92. The van der Waals surface area contributed by atoms with Gasteiger partial charge in [0.2, 0.25) is 0 Å². The molecule has 1 atom stereocenters. The van der Waals surface area contributed by atoms with Gasteiger partial charge in [-0.2, -0.15) is 0 Å². The Morgan fingerprint density at radius 2 is 2.21 bits per heavy atom. The molecule has 1 aliphatic rings. The van der Waals surface area contributed by atoms with Crippen molar-refractivity contribution in [3.05, 3.63) is 34.9 Å². The van der Waals surface area contributed by atoms with E-state index in [2.05, 4.69) is 10.6 Å². The Kier molecular flexibility index (Phi) is 3.85. The molecule has 0 aromatic heterocycles. The van der Waals surface area contributed by atoms with Gasteiger partial charge in [0.1, 0.15) is 17.2 Å². The van der Waals surface area contributed by atoms with Crippen LogP contribution in [0.15, 0.2) is 12.1 Å². The first-order chi connectivity index (χ1) is 8.93. The van der Waals surface area contributed by atoms with Crippen LogP contribution >= 0.6 is 0 Å². The van der Waals surface area contributed by atoms with Crippen LogP contribution in [0, 0.1) is 18.6 Å². The summed E-state index contributed by atoms with van der Waals surface area (Å²) in [6.45, 7) is 4.76. The molecule has 1 aromatic carbocycles. The standard InChI is InChI=1S/C14H18F2N2O/c1-9-4-5-10(15)11(12(9)16)13(19)17-8-14(2)6-3-7-18-14/h4-5,18H,3,6-8H2,1-2H3,(H,17,19). The van der Waals surface area contributed by atoms with Crippen LogP contribution in [0.5, 0.6) is 0 Å². The first-order valence-corrected chi connectivity index (χ1v) is 6.41. The Bertz CT molecular complexity index is 496. The number of carbonyl (C=O) groups is 1. The number of amides is 1. The van der Waals surface area contributed by atoms with E-state index in [0.29, 0.717) is 6.54 Å². The molecule has 0 spiro atoms. The van der Waals surface area contributed by atoms with Gasteiger partial charge in [-0.1, -0.05) is 6.07 Å². The summed E-state index contributed by atoms with van der Waals surface area (Å²) in [4.78, 5) is 11.9. The minimum atomic E-state index is -0.829. The lowest BCUT2D eigenvalue weighted by molar-refractivity contribution is 0.0934. The molecule has 1 unspecified atom stereocenters. The largest absolute Gasteiger partial charge is 0.350 e. The number of hydrogen-bond acceptors (Lipinski definition) is 2. The van der Waals surface area contributed by atoms with E-state index in [1.807, 2.05) is 6.92 Å². The number of halogens is 2. The van der Waals surface area contributed by atoms with Gasteiger partial charge in [-0.3, -0.25) is 4.79 Å². The van der Waals surface area contributed by atoms with E-state index in [1.54, 1.807) is 0 Å². The van der Waals surface area contributed by atoms with Crippen LogP contribution in [-0.2, 0) is 0 Å². The maximum atomic E-state index is 13.8. The van der Waals surface area contributed by atoms with Crippen molar-refractivity contribution < 1.29 is 13.6 Å². The van der Waals surface area contributed by atoms with E-state index in [-0.39, 0.29) is 11.1 Å². The highest BCUT2D eigenvalue weighted by Gasteiger charge is 2.29. The Balaban J connectivity index is 2.10. The number of carbonyl (C=O) groups excluding carboxylic acids is 1. The van der Waals surface area contributed by atoms with Gasteiger partial charge < -0.3 is 10.6 Å². The summed E-state index contributed by atoms with van der Waals surface area (Å²) in [7, 11) is 0. The van der Waals surface area contributed by atoms with Gasteiger partial charge in [0, 0.05) is 12.1 Å². The van der Waals surface area contributed by atoms with Crippen molar-refractivity contribution in [2.24, 2.45) is 0 Å². The molecule has 1 heterocycles. The van der Waals surface area contributed by atoms with Crippen molar-refractivity contribution in [1.82, 2.24) is 10.6 Å². The molecule has 2 N–H and O–H groups in total. The van der Waals surface area contributed by atoms with Crippen molar-refractivity contribution in [2.45, 2.75) is 32.2 Å². The molecule has 1 fully saturated rings. The predicted molar refractivity (Wildman–Crippen MR) is 69.1 cm³/mol. The molecule has 19 heavy (non-hydrogen) atoms. The smallest absolute Gasteiger partial charge is 0.257 e. The van der Waals surface area contributed by atoms with E-state index in [4.69, 9.17) is 0 Å². The molecule has 3 nitrogen and oxygen atoms in total. The molecule has 1 aromatic rings. The summed E-state index contributed by atoms with van der Waals surface area (Å²) in [5, 5.41) is 5.89. The van der Waals surface area contributed by atoms with E-state index in [9.17, 15) is 13.6 Å². The summed E-state index contributed by atoms with van der Waals surface area (Å²) in [5.74, 6) is -2.32. The fourth-order valence-corrected chi connectivity index (χ4v) is 2.34. The topological polar surface area (TPSA) is 41.1 Å². The lowest BCUT2D eigenvalue weighted by Crippen LogP contribution is -2.47. The molecule has 0 bridgehead atoms. The number of benzene rings is 1. The maximum Gasteiger partial charge on any atom is 0.257 e. The molecule has 0 radical (unpaired) electrons. The second-order valence-corrected chi connectivity index (χ2v) is 5.33. The molecular weight excluding hydrogens is 250 g/mol. The quantitative estimate of drug-likeness (QED) is 0.882. The molecule has 0 aliphatic carbocycles. The Morgan fingerprint density at radius 1 is 1.47 bits per heavy atom. The first-order valence-electron chi connectivity index (χ1n) is 6.41. The third-order valence-electron chi connectivity index (χ3n) is 3.61. The molecule has 1 saturated heterocycles. The number of nitrogens with one attached hydrogen (secondary N) is 2. The average Bonchev–Trinajstić information content (AvgIpc) is 2.80. The summed E-state index contributed by atoms with van der Waals surface area (Å²) in [6.07, 6.45) is 1.98. The Hall–Kier alpha value is -1.49. The van der Waals surface area contributed by atoms with Crippen molar-refractivity contribution in [1.29, 1.82) is 0 Å². The minimum absolute atomic E-state index is 0.188. The summed E-state index contributed by atoms with van der Waals surface area (Å²) in [5.41, 5.74) is -0.426. The minimum Gasteiger partial charge on any atom is -0.350 e. The van der Waals surface area contributed by atoms with Gasteiger partial charge in [-0.05, 0) is 44.9 Å². The fraction of sp³-hybridized carbons (Fsp3) is 0.500. The highest BCUT2D eigenvalue weighted by Crippen LogP contribution is 2.19. The molecule has 5 heteroatoms. The zero-order valence-corrected chi connectivity index (χ0v) is 11.1. The highest BCUT2D eigenvalue weighted by atomic mass is 19.1. The summed E-state index contributed by atoms with van der Waals surface area (Å²) < 4.78 is 27.4. The van der Waals surface area contributed by atoms with Gasteiger partial charge >= 0.3 is 0 Å². The van der Waals surface area contributed by atoms with Crippen LogP contribution in [0.4, 0.5) is 8.78 Å². The van der Waals surface area contributed by atoms with Crippen molar-refractivity contribution in [2.75, 3.05) is 13.1 Å². The highest BCUT2D eigenvalue weighted by molar-refractivity contribution is 5.95. The fourth-order valence-electron chi connectivity index (χ4n) is 2.34. The third-order valence-corrected chi connectivity index (χ3v) is 3.61. The second-order valence-electron chi connectivity index (χ2n) is 5.33. The second kappa shape index (κ2) is 5.25. The maximum absolute atomic E-state index is 13.8. The lowest BCUT2D eigenvalue weighted by atomic mass is 10.0. The molecule has 2 rings (SSSR count). The van der Waals surface area contributed by atoms with Crippen LogP contribution in [-0.4, -0.2) is 24.5 Å². The Labute approximate surface area is 111 Å². The first kappa shape index (κ1) is 13.9. The van der Waals surface area contributed by atoms with E-state index < -0.39 is 23.1 Å². The van der Waals surface area contributed by atoms with E-state index in [1.165, 1.54) is 13.0 Å². The van der Waals surface area contributed by atoms with Crippen LogP contribution in [0.3, 0.4) is 0 Å². The van der Waals surface area contributed by atoms with E-state index in [0.717, 1.165) is 25.5 Å². The van der Waals surface area contributed by atoms with Crippen molar-refractivity contribution in [3.8, 4) is 0 Å². The normalized spacial score (nSPS) is 22.5.